The number of primary amides is 1. The minimum Gasteiger partial charge on any atom is -0.462 e. The average Bonchev–Trinajstić information content (AvgIpc) is 2.86. The summed E-state index contributed by atoms with van der Waals surface area (Å²) in [6.45, 7) is 11.9. The molecule has 13 heteroatoms. The Morgan fingerprint density at radius 2 is 1.60 bits per heavy atom. The van der Waals surface area contributed by atoms with E-state index in [-0.39, 0.29) is 36.3 Å². The van der Waals surface area contributed by atoms with E-state index < -0.39 is 77.6 Å². The lowest BCUT2D eigenvalue weighted by molar-refractivity contribution is -0.206. The minimum absolute atomic E-state index is 0.0290. The lowest BCUT2D eigenvalue weighted by Crippen LogP contribution is -2.56. The summed E-state index contributed by atoms with van der Waals surface area (Å²) in [4.78, 5) is 73.0. The van der Waals surface area contributed by atoms with Gasteiger partial charge >= 0.3 is 29.8 Å². The Kier molecular flexibility index (Phi) is 10.2. The number of benzene rings is 1. The predicted octanol–water partition coefficient (Wildman–Crippen LogP) is 2.49. The number of hydrogen-bond donors (Lipinski definition) is 1. The molecule has 6 atom stereocenters. The zero-order valence-electron chi connectivity index (χ0n) is 25.6. The SMILES string of the molecule is CC(=O)Oc1cc(OC(C)=O)c2c(c1C)C[C@H]([C@H](C)[C@H](CC1O[C@H](C(N)=O)CC(OC(C)=O)C1(C)C)OC(C)=O)OC2=O. The van der Waals surface area contributed by atoms with Crippen LogP contribution in [0.1, 0.15) is 82.8 Å². The highest BCUT2D eigenvalue weighted by Crippen LogP contribution is 2.43. The van der Waals surface area contributed by atoms with Gasteiger partial charge < -0.3 is 34.2 Å². The molecule has 0 saturated carbocycles. The van der Waals surface area contributed by atoms with Gasteiger partial charge in [0.1, 0.15) is 41.5 Å². The largest absolute Gasteiger partial charge is 0.462 e. The van der Waals surface area contributed by atoms with Crippen LogP contribution in [0.5, 0.6) is 11.5 Å². The van der Waals surface area contributed by atoms with E-state index in [1.807, 2.05) is 13.8 Å². The van der Waals surface area contributed by atoms with Gasteiger partial charge in [-0.3, -0.25) is 24.0 Å². The second-order valence-corrected chi connectivity index (χ2v) is 11.6. The third-order valence-corrected chi connectivity index (χ3v) is 7.99. The molecule has 3 rings (SSSR count). The van der Waals surface area contributed by atoms with Gasteiger partial charge in [0.25, 0.3) is 0 Å². The first-order valence-corrected chi connectivity index (χ1v) is 14.0. The van der Waals surface area contributed by atoms with Gasteiger partial charge in [0, 0.05) is 64.4 Å². The van der Waals surface area contributed by atoms with Crippen LogP contribution in [0, 0.1) is 18.3 Å². The molecular weight excluding hydrogens is 566 g/mol. The highest BCUT2D eigenvalue weighted by Gasteiger charge is 2.50. The van der Waals surface area contributed by atoms with Gasteiger partial charge in [0.15, 0.2) is 0 Å². The molecule has 236 valence electrons. The predicted molar refractivity (Wildman–Crippen MR) is 148 cm³/mol. The van der Waals surface area contributed by atoms with Crippen molar-refractivity contribution >= 4 is 35.8 Å². The zero-order valence-corrected chi connectivity index (χ0v) is 25.6. The van der Waals surface area contributed by atoms with Gasteiger partial charge in [0.2, 0.25) is 5.91 Å². The first-order valence-electron chi connectivity index (χ1n) is 14.0. The van der Waals surface area contributed by atoms with E-state index in [2.05, 4.69) is 0 Å². The fourth-order valence-corrected chi connectivity index (χ4v) is 5.60. The Balaban J connectivity index is 1.99. The first-order chi connectivity index (χ1) is 19.9. The van der Waals surface area contributed by atoms with Crippen LogP contribution in [-0.4, -0.2) is 66.3 Å². The first kappa shape index (κ1) is 33.5. The number of esters is 5. The number of ether oxygens (including phenoxy) is 6. The summed E-state index contributed by atoms with van der Waals surface area (Å²) >= 11 is 0. The molecule has 0 aromatic heterocycles. The number of nitrogens with two attached hydrogens (primary N) is 1. The maximum Gasteiger partial charge on any atom is 0.342 e. The number of carbonyl (C=O) groups is 6. The van der Waals surface area contributed by atoms with Crippen molar-refractivity contribution in [1.82, 2.24) is 0 Å². The van der Waals surface area contributed by atoms with Crippen molar-refractivity contribution in [1.29, 1.82) is 0 Å². The van der Waals surface area contributed by atoms with Crippen molar-refractivity contribution in [2.24, 2.45) is 17.1 Å². The molecule has 1 amide bonds. The summed E-state index contributed by atoms with van der Waals surface area (Å²) in [6.07, 6.45) is -3.98. The second-order valence-electron chi connectivity index (χ2n) is 11.6. The molecule has 2 unspecified atom stereocenters. The van der Waals surface area contributed by atoms with Gasteiger partial charge in [-0.2, -0.15) is 0 Å². The van der Waals surface area contributed by atoms with Gasteiger partial charge in [0.05, 0.1) is 6.10 Å². The monoisotopic (exact) mass is 605 g/mol. The smallest absolute Gasteiger partial charge is 0.342 e. The van der Waals surface area contributed by atoms with Crippen LogP contribution in [0.15, 0.2) is 6.07 Å². The molecule has 13 nitrogen and oxygen atoms in total. The van der Waals surface area contributed by atoms with E-state index in [1.165, 1.54) is 33.8 Å². The van der Waals surface area contributed by atoms with E-state index in [1.54, 1.807) is 13.8 Å². The van der Waals surface area contributed by atoms with Crippen LogP contribution in [0.25, 0.3) is 0 Å². The van der Waals surface area contributed by atoms with Crippen molar-refractivity contribution in [3.63, 3.8) is 0 Å². The number of hydrogen-bond acceptors (Lipinski definition) is 12. The van der Waals surface area contributed by atoms with E-state index in [4.69, 9.17) is 34.2 Å². The molecule has 2 aliphatic heterocycles. The number of rotatable bonds is 9. The van der Waals surface area contributed by atoms with E-state index in [0.29, 0.717) is 11.1 Å². The van der Waals surface area contributed by atoms with Crippen LogP contribution in [0.3, 0.4) is 0 Å². The van der Waals surface area contributed by atoms with Crippen LogP contribution in [0.4, 0.5) is 0 Å². The lowest BCUT2D eigenvalue weighted by atomic mass is 9.72. The topological polar surface area (TPSA) is 184 Å². The van der Waals surface area contributed by atoms with Crippen molar-refractivity contribution in [2.45, 2.75) is 105 Å². The fraction of sp³-hybridized carbons (Fsp3) is 0.600. The molecule has 2 aliphatic rings. The molecule has 1 aromatic rings. The van der Waals surface area contributed by atoms with Crippen molar-refractivity contribution in [3.8, 4) is 11.5 Å². The van der Waals surface area contributed by atoms with E-state index >= 15 is 0 Å². The van der Waals surface area contributed by atoms with E-state index in [0.717, 1.165) is 0 Å². The fourth-order valence-electron chi connectivity index (χ4n) is 5.60. The minimum atomic E-state index is -1.04. The Hall–Kier alpha value is -4.00. The third kappa shape index (κ3) is 7.70. The molecule has 1 saturated heterocycles. The van der Waals surface area contributed by atoms with Crippen LogP contribution < -0.4 is 15.2 Å². The summed E-state index contributed by atoms with van der Waals surface area (Å²) in [6, 6.07) is 1.29. The summed E-state index contributed by atoms with van der Waals surface area (Å²) in [5.41, 5.74) is 5.68. The highest BCUT2D eigenvalue weighted by atomic mass is 16.6. The van der Waals surface area contributed by atoms with Crippen molar-refractivity contribution < 1.29 is 57.2 Å². The second kappa shape index (κ2) is 13.1. The number of amides is 1. The zero-order chi connectivity index (χ0) is 32.4. The van der Waals surface area contributed by atoms with E-state index in [9.17, 15) is 28.8 Å². The Labute approximate surface area is 249 Å². The molecule has 0 spiro atoms. The Morgan fingerprint density at radius 1 is 1.00 bits per heavy atom. The quantitative estimate of drug-likeness (QED) is 0.247. The summed E-state index contributed by atoms with van der Waals surface area (Å²) in [5.74, 6) is -4.52. The molecule has 1 fully saturated rings. The standard InChI is InChI=1S/C30H39NO12/c1-13-19-9-20(43-29(37)27(19)23(40-17(5)34)10-21(13)38-15(3)32)14(2)22(39-16(4)33)11-26-30(7,8)25(41-18(6)35)12-24(42-26)28(31)36/h10,14,20,22,24-26H,9,11-12H2,1-8H3,(H2,31,36)/t14-,20+,22-,24-,25?,26?/m0/s1. The number of cyclic esters (lactones) is 1. The molecule has 0 bridgehead atoms. The molecule has 2 heterocycles. The number of carbonyl (C=O) groups excluding carboxylic acids is 6. The molecular formula is C30H39NO12. The third-order valence-electron chi connectivity index (χ3n) is 7.99. The molecule has 1 aromatic carbocycles. The molecule has 0 radical (unpaired) electrons. The highest BCUT2D eigenvalue weighted by molar-refractivity contribution is 5.97. The van der Waals surface area contributed by atoms with Crippen molar-refractivity contribution in [2.75, 3.05) is 0 Å². The normalized spacial score (nSPS) is 24.0. The maximum absolute atomic E-state index is 13.3. The summed E-state index contributed by atoms with van der Waals surface area (Å²) < 4.78 is 33.7. The van der Waals surface area contributed by atoms with Crippen LogP contribution >= 0.6 is 0 Å². The summed E-state index contributed by atoms with van der Waals surface area (Å²) in [7, 11) is 0. The number of fused-ring (bicyclic) bond motifs is 1. The average molecular weight is 606 g/mol. The Bertz CT molecular complexity index is 1320. The van der Waals surface area contributed by atoms with Crippen LogP contribution in [-0.2, 0) is 49.3 Å². The van der Waals surface area contributed by atoms with Gasteiger partial charge in [-0.05, 0) is 18.1 Å². The Morgan fingerprint density at radius 3 is 2.14 bits per heavy atom. The van der Waals surface area contributed by atoms with Gasteiger partial charge in [-0.15, -0.1) is 0 Å². The molecule has 43 heavy (non-hydrogen) atoms. The van der Waals surface area contributed by atoms with Gasteiger partial charge in [-0.25, -0.2) is 4.79 Å². The lowest BCUT2D eigenvalue weighted by Gasteiger charge is -2.47. The van der Waals surface area contributed by atoms with Crippen LogP contribution in [0.2, 0.25) is 0 Å². The molecule has 0 aliphatic carbocycles. The molecule has 2 N–H and O–H groups in total. The van der Waals surface area contributed by atoms with Gasteiger partial charge in [-0.1, -0.05) is 20.8 Å². The maximum atomic E-state index is 13.3. The summed E-state index contributed by atoms with van der Waals surface area (Å²) in [5, 5.41) is 0. The van der Waals surface area contributed by atoms with Crippen molar-refractivity contribution in [3.05, 3.63) is 22.8 Å².